The highest BCUT2D eigenvalue weighted by Gasteiger charge is 2.59. The van der Waals surface area contributed by atoms with Gasteiger partial charge < -0.3 is 0 Å². The van der Waals surface area contributed by atoms with Gasteiger partial charge in [0.25, 0.3) is 9.84 Å². The molecule has 0 spiro atoms. The van der Waals surface area contributed by atoms with Crippen molar-refractivity contribution in [3.63, 3.8) is 0 Å². The first kappa shape index (κ1) is 20.7. The lowest BCUT2D eigenvalue weighted by Crippen LogP contribution is -2.45. The summed E-state index contributed by atoms with van der Waals surface area (Å²) in [6, 6.07) is 0.809. The van der Waals surface area contributed by atoms with Crippen LogP contribution in [0.3, 0.4) is 0 Å². The van der Waals surface area contributed by atoms with Crippen LogP contribution in [0.1, 0.15) is 18.9 Å². The molecule has 0 saturated heterocycles. The van der Waals surface area contributed by atoms with E-state index >= 15 is 0 Å². The predicted octanol–water partition coefficient (Wildman–Crippen LogP) is 2.28. The van der Waals surface area contributed by atoms with Gasteiger partial charge in [-0.15, -0.1) is 0 Å². The van der Waals surface area contributed by atoms with Gasteiger partial charge in [0.05, 0.1) is 0 Å². The number of hydrogen-bond donors (Lipinski definition) is 0. The largest absolute Gasteiger partial charge is 0.507 e. The van der Waals surface area contributed by atoms with Crippen LogP contribution in [0.2, 0.25) is 0 Å². The zero-order valence-corrected chi connectivity index (χ0v) is 13.9. The van der Waals surface area contributed by atoms with Gasteiger partial charge in [0.1, 0.15) is 6.54 Å². The Kier molecular flexibility index (Phi) is 5.31. The van der Waals surface area contributed by atoms with E-state index in [-0.39, 0.29) is 6.42 Å². The summed E-state index contributed by atoms with van der Waals surface area (Å²) in [6.45, 7) is 1.78. The molecule has 0 amide bonds. The van der Waals surface area contributed by atoms with Crippen LogP contribution in [0, 0.1) is 6.92 Å². The number of alkyl halides is 6. The average molecular weight is 400 g/mol. The standard InChI is InChI=1S/C11H12F6NO4S2/c1-3-5-18-6-4-7(2)8(23(19,20)10(12,13)14)9(18)24(21,22)11(15,16)17/h4,6H,3,5H2,1-2H3/q+1. The number of aryl methyl sites for hydroxylation is 2. The summed E-state index contributed by atoms with van der Waals surface area (Å²) in [6.07, 6.45) is 0.854. The van der Waals surface area contributed by atoms with Gasteiger partial charge in [-0.05, 0) is 12.5 Å². The van der Waals surface area contributed by atoms with Gasteiger partial charge in [-0.25, -0.2) is 16.8 Å². The summed E-state index contributed by atoms with van der Waals surface area (Å²) in [7, 11) is -12.7. The van der Waals surface area contributed by atoms with Crippen molar-refractivity contribution in [2.45, 2.75) is 47.8 Å². The molecular weight excluding hydrogens is 388 g/mol. The van der Waals surface area contributed by atoms with E-state index in [1.165, 1.54) is 6.92 Å². The second-order valence-electron chi connectivity index (χ2n) is 4.72. The molecule has 1 aromatic heterocycles. The molecule has 0 atom stereocenters. The molecule has 0 aromatic carbocycles. The summed E-state index contributed by atoms with van der Waals surface area (Å²) in [4.78, 5) is -1.91. The van der Waals surface area contributed by atoms with Crippen LogP contribution in [0.5, 0.6) is 0 Å². The molecule has 0 aliphatic carbocycles. The Bertz CT molecular complexity index is 840. The lowest BCUT2D eigenvalue weighted by Gasteiger charge is -2.15. The third kappa shape index (κ3) is 3.36. The molecule has 0 fully saturated rings. The molecule has 0 radical (unpaired) electrons. The highest BCUT2D eigenvalue weighted by atomic mass is 32.2. The number of sulfone groups is 2. The minimum atomic E-state index is -6.34. The van der Waals surface area contributed by atoms with E-state index in [9.17, 15) is 43.2 Å². The maximum Gasteiger partial charge on any atom is 0.507 e. The van der Waals surface area contributed by atoms with Crippen molar-refractivity contribution in [3.05, 3.63) is 17.8 Å². The second-order valence-corrected chi connectivity index (χ2v) is 8.46. The maximum absolute atomic E-state index is 12.9. The number of rotatable bonds is 4. The number of nitrogens with zero attached hydrogens (tertiary/aromatic N) is 1. The van der Waals surface area contributed by atoms with Crippen LogP contribution in [-0.4, -0.2) is 27.9 Å². The van der Waals surface area contributed by atoms with Crippen LogP contribution in [0.4, 0.5) is 26.3 Å². The number of halogens is 6. The van der Waals surface area contributed by atoms with Crippen molar-refractivity contribution >= 4 is 19.7 Å². The fourth-order valence-corrected chi connectivity index (χ4v) is 4.70. The highest BCUT2D eigenvalue weighted by Crippen LogP contribution is 2.38. The lowest BCUT2D eigenvalue weighted by molar-refractivity contribution is -0.736. The Labute approximate surface area is 133 Å². The molecule has 0 saturated carbocycles. The molecule has 138 valence electrons. The van der Waals surface area contributed by atoms with Crippen molar-refractivity contribution in [1.82, 2.24) is 0 Å². The molecule has 0 unspecified atom stereocenters. The fraction of sp³-hybridized carbons (Fsp3) is 0.545. The molecule has 13 heteroatoms. The maximum atomic E-state index is 12.9. The number of pyridine rings is 1. The Morgan fingerprint density at radius 2 is 1.42 bits per heavy atom. The van der Waals surface area contributed by atoms with Crippen LogP contribution < -0.4 is 4.57 Å². The third-order valence-electron chi connectivity index (χ3n) is 2.91. The van der Waals surface area contributed by atoms with E-state index < -0.39 is 52.7 Å². The van der Waals surface area contributed by atoms with Gasteiger partial charge in [-0.3, -0.25) is 0 Å². The summed E-state index contributed by atoms with van der Waals surface area (Å²) < 4.78 is 124. The topological polar surface area (TPSA) is 72.2 Å². The quantitative estimate of drug-likeness (QED) is 0.574. The molecule has 1 aromatic rings. The van der Waals surface area contributed by atoms with Crippen LogP contribution in [-0.2, 0) is 26.2 Å². The van der Waals surface area contributed by atoms with Gasteiger partial charge in [0, 0.05) is 12.5 Å². The number of hydrogen-bond acceptors (Lipinski definition) is 4. The molecule has 24 heavy (non-hydrogen) atoms. The third-order valence-corrected chi connectivity index (χ3v) is 6.26. The van der Waals surface area contributed by atoms with Crippen molar-refractivity contribution in [1.29, 1.82) is 0 Å². The van der Waals surface area contributed by atoms with E-state index in [4.69, 9.17) is 0 Å². The van der Waals surface area contributed by atoms with Crippen molar-refractivity contribution < 1.29 is 47.7 Å². The van der Waals surface area contributed by atoms with Crippen molar-refractivity contribution in [2.24, 2.45) is 0 Å². The number of aromatic nitrogens is 1. The molecule has 0 aliphatic heterocycles. The van der Waals surface area contributed by atoms with Crippen LogP contribution >= 0.6 is 0 Å². The Balaban J connectivity index is 4.10. The highest BCUT2D eigenvalue weighted by molar-refractivity contribution is 7.95. The molecule has 5 nitrogen and oxygen atoms in total. The smallest absolute Gasteiger partial charge is 0.214 e. The minimum Gasteiger partial charge on any atom is -0.214 e. The predicted molar refractivity (Wildman–Crippen MR) is 68.1 cm³/mol. The van der Waals surface area contributed by atoms with Crippen molar-refractivity contribution in [2.75, 3.05) is 0 Å². The SMILES string of the molecule is CCC[n+]1ccc(C)c(S(=O)(=O)C(F)(F)F)c1S(=O)(=O)C(F)(F)F. The first-order valence-electron chi connectivity index (χ1n) is 6.24. The summed E-state index contributed by atoms with van der Waals surface area (Å²) in [5, 5.41) is -1.94. The van der Waals surface area contributed by atoms with E-state index in [2.05, 4.69) is 0 Å². The molecular formula is C11H12F6NO4S2+. The average Bonchev–Trinajstić information content (AvgIpc) is 2.37. The fourth-order valence-electron chi connectivity index (χ4n) is 1.89. The summed E-state index contributed by atoms with van der Waals surface area (Å²) in [5.41, 5.74) is -12.7. The van der Waals surface area contributed by atoms with Crippen molar-refractivity contribution in [3.8, 4) is 0 Å². The normalized spacial score (nSPS) is 14.0. The van der Waals surface area contributed by atoms with Crippen LogP contribution in [0.15, 0.2) is 22.2 Å². The van der Waals surface area contributed by atoms with E-state index in [0.29, 0.717) is 4.57 Å². The zero-order valence-electron chi connectivity index (χ0n) is 12.2. The first-order valence-corrected chi connectivity index (χ1v) is 9.21. The summed E-state index contributed by atoms with van der Waals surface area (Å²) in [5.74, 6) is 0. The summed E-state index contributed by atoms with van der Waals surface area (Å²) >= 11 is 0. The lowest BCUT2D eigenvalue weighted by atomic mass is 10.3. The molecule has 0 aliphatic rings. The van der Waals surface area contributed by atoms with Crippen LogP contribution in [0.25, 0.3) is 0 Å². The van der Waals surface area contributed by atoms with E-state index in [1.807, 2.05) is 0 Å². The molecule has 1 heterocycles. The van der Waals surface area contributed by atoms with Gasteiger partial charge >= 0.3 is 25.9 Å². The van der Waals surface area contributed by atoms with E-state index in [0.717, 1.165) is 19.2 Å². The van der Waals surface area contributed by atoms with Gasteiger partial charge in [0.15, 0.2) is 11.1 Å². The van der Waals surface area contributed by atoms with E-state index in [1.54, 1.807) is 0 Å². The monoisotopic (exact) mass is 400 g/mol. The van der Waals surface area contributed by atoms with Gasteiger partial charge in [0.2, 0.25) is 0 Å². The first-order chi connectivity index (χ1) is 10.6. The Morgan fingerprint density at radius 1 is 0.958 bits per heavy atom. The Morgan fingerprint density at radius 3 is 1.79 bits per heavy atom. The molecule has 1 rings (SSSR count). The molecule has 0 N–H and O–H groups in total. The Hall–Kier alpha value is -1.37. The van der Waals surface area contributed by atoms with Gasteiger partial charge in [-0.2, -0.15) is 30.9 Å². The van der Waals surface area contributed by atoms with Gasteiger partial charge in [-0.1, -0.05) is 6.92 Å². The minimum absolute atomic E-state index is 0.0552. The zero-order chi connectivity index (χ0) is 19.1. The molecule has 0 bridgehead atoms. The second kappa shape index (κ2) is 6.17.